The van der Waals surface area contributed by atoms with E-state index in [0.29, 0.717) is 17.5 Å². The average molecular weight is 284 g/mol. The number of H-pyrrole nitrogens is 1. The number of benzene rings is 1. The zero-order valence-electron chi connectivity index (χ0n) is 11.9. The summed E-state index contributed by atoms with van der Waals surface area (Å²) in [5, 5.41) is 9.71. The summed E-state index contributed by atoms with van der Waals surface area (Å²) >= 11 is 0. The maximum atomic E-state index is 12.1. The predicted molar refractivity (Wildman–Crippen MR) is 81.7 cm³/mol. The standard InChI is InChI=1S/C16H20N4O/c17-15-6-1-11(7-15)8-18-16(21)13-4-2-12(3-5-13)14-9-19-20-10-14/h2-5,9-11,15H,1,6-8,17H2,(H,18,21)(H,19,20)/t11-,15+/m0/s1. The summed E-state index contributed by atoms with van der Waals surface area (Å²) in [6.07, 6.45) is 6.79. The summed E-state index contributed by atoms with van der Waals surface area (Å²) in [7, 11) is 0. The Labute approximate surface area is 123 Å². The lowest BCUT2D eigenvalue weighted by Gasteiger charge is -2.11. The maximum absolute atomic E-state index is 12.1. The van der Waals surface area contributed by atoms with Gasteiger partial charge in [0.1, 0.15) is 0 Å². The first-order chi connectivity index (χ1) is 10.2. The molecule has 1 aromatic carbocycles. The van der Waals surface area contributed by atoms with E-state index in [4.69, 9.17) is 5.73 Å². The molecule has 21 heavy (non-hydrogen) atoms. The highest BCUT2D eigenvalue weighted by molar-refractivity contribution is 5.94. The van der Waals surface area contributed by atoms with Crippen molar-refractivity contribution < 1.29 is 4.79 Å². The first kappa shape index (κ1) is 13.8. The number of amides is 1. The number of carbonyl (C=O) groups is 1. The van der Waals surface area contributed by atoms with Crippen LogP contribution in [0, 0.1) is 5.92 Å². The number of nitrogens with two attached hydrogens (primary N) is 1. The van der Waals surface area contributed by atoms with Crippen LogP contribution < -0.4 is 11.1 Å². The molecular weight excluding hydrogens is 264 g/mol. The van der Waals surface area contributed by atoms with Crippen molar-refractivity contribution in [2.45, 2.75) is 25.3 Å². The minimum absolute atomic E-state index is 0.0192. The van der Waals surface area contributed by atoms with Gasteiger partial charge in [-0.3, -0.25) is 9.89 Å². The smallest absolute Gasteiger partial charge is 0.251 e. The number of nitrogens with zero attached hydrogens (tertiary/aromatic N) is 1. The molecule has 4 N–H and O–H groups in total. The fourth-order valence-electron chi connectivity index (χ4n) is 2.86. The van der Waals surface area contributed by atoms with Crippen LogP contribution in [-0.2, 0) is 0 Å². The van der Waals surface area contributed by atoms with Crippen LogP contribution in [0.4, 0.5) is 0 Å². The molecule has 110 valence electrons. The highest BCUT2D eigenvalue weighted by Gasteiger charge is 2.22. The summed E-state index contributed by atoms with van der Waals surface area (Å²) in [6, 6.07) is 7.87. The quantitative estimate of drug-likeness (QED) is 0.802. The molecule has 0 saturated heterocycles. The second-order valence-corrected chi connectivity index (χ2v) is 5.71. The lowest BCUT2D eigenvalue weighted by molar-refractivity contribution is 0.0947. The molecule has 1 saturated carbocycles. The molecule has 0 bridgehead atoms. The van der Waals surface area contributed by atoms with Gasteiger partial charge in [-0.1, -0.05) is 12.1 Å². The minimum Gasteiger partial charge on any atom is -0.352 e. The van der Waals surface area contributed by atoms with Crippen LogP contribution in [0.5, 0.6) is 0 Å². The van der Waals surface area contributed by atoms with Crippen molar-refractivity contribution in [3.63, 3.8) is 0 Å². The highest BCUT2D eigenvalue weighted by atomic mass is 16.1. The van der Waals surface area contributed by atoms with Crippen molar-refractivity contribution in [3.8, 4) is 11.1 Å². The molecule has 2 atom stereocenters. The monoisotopic (exact) mass is 284 g/mol. The third-order valence-corrected chi connectivity index (χ3v) is 4.11. The fourth-order valence-corrected chi connectivity index (χ4v) is 2.86. The molecule has 0 aliphatic heterocycles. The Bertz CT molecular complexity index is 591. The van der Waals surface area contributed by atoms with Crippen molar-refractivity contribution in [1.29, 1.82) is 0 Å². The number of aromatic amines is 1. The van der Waals surface area contributed by atoms with E-state index < -0.39 is 0 Å². The van der Waals surface area contributed by atoms with Gasteiger partial charge in [0.25, 0.3) is 5.91 Å². The van der Waals surface area contributed by atoms with Crippen molar-refractivity contribution in [1.82, 2.24) is 15.5 Å². The molecule has 0 spiro atoms. The zero-order valence-corrected chi connectivity index (χ0v) is 11.9. The number of hydrogen-bond acceptors (Lipinski definition) is 3. The fraction of sp³-hybridized carbons (Fsp3) is 0.375. The second-order valence-electron chi connectivity index (χ2n) is 5.71. The van der Waals surface area contributed by atoms with Gasteiger partial charge in [-0.2, -0.15) is 5.10 Å². The van der Waals surface area contributed by atoms with Crippen molar-refractivity contribution in [3.05, 3.63) is 42.2 Å². The van der Waals surface area contributed by atoms with E-state index in [0.717, 1.165) is 36.9 Å². The first-order valence-electron chi connectivity index (χ1n) is 7.35. The Morgan fingerprint density at radius 3 is 2.71 bits per heavy atom. The van der Waals surface area contributed by atoms with Gasteiger partial charge < -0.3 is 11.1 Å². The number of rotatable bonds is 4. The third-order valence-electron chi connectivity index (χ3n) is 4.11. The Balaban J connectivity index is 1.57. The number of hydrogen-bond donors (Lipinski definition) is 3. The molecular formula is C16H20N4O. The van der Waals surface area contributed by atoms with E-state index in [9.17, 15) is 4.79 Å². The van der Waals surface area contributed by atoms with Crippen molar-refractivity contribution >= 4 is 5.91 Å². The van der Waals surface area contributed by atoms with Crippen molar-refractivity contribution in [2.24, 2.45) is 11.7 Å². The topological polar surface area (TPSA) is 83.8 Å². The van der Waals surface area contributed by atoms with E-state index in [1.54, 1.807) is 6.20 Å². The molecule has 1 amide bonds. The van der Waals surface area contributed by atoms with Crippen LogP contribution in [-0.4, -0.2) is 28.7 Å². The number of carbonyl (C=O) groups excluding carboxylic acids is 1. The lowest BCUT2D eigenvalue weighted by Crippen LogP contribution is -2.29. The summed E-state index contributed by atoms with van der Waals surface area (Å²) in [5.74, 6) is 0.503. The molecule has 1 aromatic heterocycles. The maximum Gasteiger partial charge on any atom is 0.251 e. The van der Waals surface area contributed by atoms with Gasteiger partial charge in [-0.15, -0.1) is 0 Å². The van der Waals surface area contributed by atoms with E-state index in [-0.39, 0.29) is 5.91 Å². The van der Waals surface area contributed by atoms with Crippen LogP contribution in [0.2, 0.25) is 0 Å². The molecule has 1 fully saturated rings. The molecule has 1 aliphatic carbocycles. The van der Waals surface area contributed by atoms with Crippen LogP contribution in [0.3, 0.4) is 0 Å². The Morgan fingerprint density at radius 1 is 1.29 bits per heavy atom. The Morgan fingerprint density at radius 2 is 2.10 bits per heavy atom. The molecule has 3 rings (SSSR count). The van der Waals surface area contributed by atoms with E-state index in [2.05, 4.69) is 15.5 Å². The highest BCUT2D eigenvalue weighted by Crippen LogP contribution is 2.23. The number of aromatic nitrogens is 2. The van der Waals surface area contributed by atoms with Gasteiger partial charge in [0.05, 0.1) is 6.20 Å². The summed E-state index contributed by atoms with van der Waals surface area (Å²) in [5.41, 5.74) is 8.63. The molecule has 5 nitrogen and oxygen atoms in total. The van der Waals surface area contributed by atoms with Gasteiger partial charge in [-0.25, -0.2) is 0 Å². The van der Waals surface area contributed by atoms with Gasteiger partial charge in [0, 0.05) is 29.9 Å². The normalized spacial score (nSPS) is 21.4. The number of nitrogens with one attached hydrogen (secondary N) is 2. The Kier molecular flexibility index (Phi) is 4.01. The van der Waals surface area contributed by atoms with E-state index in [1.807, 2.05) is 30.5 Å². The van der Waals surface area contributed by atoms with E-state index >= 15 is 0 Å². The predicted octanol–water partition coefficient (Wildman–Crippen LogP) is 1.93. The van der Waals surface area contributed by atoms with Gasteiger partial charge in [0.2, 0.25) is 0 Å². The average Bonchev–Trinajstić information content (AvgIpc) is 3.16. The molecule has 0 unspecified atom stereocenters. The summed E-state index contributed by atoms with van der Waals surface area (Å²) < 4.78 is 0. The summed E-state index contributed by atoms with van der Waals surface area (Å²) in [4.78, 5) is 12.1. The second kappa shape index (κ2) is 6.10. The third kappa shape index (κ3) is 3.31. The van der Waals surface area contributed by atoms with E-state index in [1.165, 1.54) is 0 Å². The Hall–Kier alpha value is -2.14. The largest absolute Gasteiger partial charge is 0.352 e. The minimum atomic E-state index is -0.0192. The van der Waals surface area contributed by atoms with Crippen molar-refractivity contribution in [2.75, 3.05) is 6.54 Å². The lowest BCUT2D eigenvalue weighted by atomic mass is 10.1. The van der Waals surface area contributed by atoms with Crippen LogP contribution in [0.15, 0.2) is 36.7 Å². The zero-order chi connectivity index (χ0) is 14.7. The summed E-state index contributed by atoms with van der Waals surface area (Å²) in [6.45, 7) is 0.718. The van der Waals surface area contributed by atoms with Crippen LogP contribution >= 0.6 is 0 Å². The molecule has 0 radical (unpaired) electrons. The van der Waals surface area contributed by atoms with Gasteiger partial charge in [-0.05, 0) is 42.9 Å². The SMILES string of the molecule is N[C@@H]1CC[C@H](CNC(=O)c2ccc(-c3cn[nH]c3)cc2)C1. The molecule has 2 aromatic rings. The van der Waals surface area contributed by atoms with Crippen LogP contribution in [0.1, 0.15) is 29.6 Å². The van der Waals surface area contributed by atoms with Gasteiger partial charge >= 0.3 is 0 Å². The first-order valence-corrected chi connectivity index (χ1v) is 7.35. The molecule has 5 heteroatoms. The molecule has 1 aliphatic rings. The molecule has 1 heterocycles. The van der Waals surface area contributed by atoms with Crippen LogP contribution in [0.25, 0.3) is 11.1 Å². The van der Waals surface area contributed by atoms with Gasteiger partial charge in [0.15, 0.2) is 0 Å².